The number of carbonyl (C=O) groups excluding carboxylic acids is 1. The molecule has 0 saturated heterocycles. The SMILES string of the molecule is COCCNCCNC(=O)c1ccccc1I.Cl. The summed E-state index contributed by atoms with van der Waals surface area (Å²) in [7, 11) is 1.67. The van der Waals surface area contributed by atoms with Crippen LogP contribution in [0.25, 0.3) is 0 Å². The predicted octanol–water partition coefficient (Wildman–Crippen LogP) is 1.68. The molecule has 1 amide bonds. The molecule has 0 aromatic heterocycles. The van der Waals surface area contributed by atoms with Gasteiger partial charge in [-0.05, 0) is 34.7 Å². The summed E-state index contributed by atoms with van der Waals surface area (Å²) in [6.07, 6.45) is 0. The van der Waals surface area contributed by atoms with Crippen molar-refractivity contribution >= 4 is 40.9 Å². The number of methoxy groups -OCH3 is 1. The summed E-state index contributed by atoms with van der Waals surface area (Å²) in [6.45, 7) is 2.85. The van der Waals surface area contributed by atoms with E-state index in [1.807, 2.05) is 24.3 Å². The van der Waals surface area contributed by atoms with E-state index in [0.29, 0.717) is 13.2 Å². The van der Waals surface area contributed by atoms with Gasteiger partial charge >= 0.3 is 0 Å². The van der Waals surface area contributed by atoms with Crippen LogP contribution in [0.1, 0.15) is 10.4 Å². The van der Waals surface area contributed by atoms with Crippen molar-refractivity contribution in [2.24, 2.45) is 0 Å². The molecule has 0 aliphatic rings. The highest BCUT2D eigenvalue weighted by Crippen LogP contribution is 2.10. The number of benzene rings is 1. The van der Waals surface area contributed by atoms with E-state index >= 15 is 0 Å². The number of nitrogens with one attached hydrogen (secondary N) is 2. The largest absolute Gasteiger partial charge is 0.383 e. The van der Waals surface area contributed by atoms with Gasteiger partial charge in [0.15, 0.2) is 0 Å². The first kappa shape index (κ1) is 17.6. The van der Waals surface area contributed by atoms with Crippen molar-refractivity contribution in [1.29, 1.82) is 0 Å². The van der Waals surface area contributed by atoms with E-state index in [2.05, 4.69) is 33.2 Å². The predicted molar refractivity (Wildman–Crippen MR) is 83.5 cm³/mol. The second kappa shape index (κ2) is 10.5. The van der Waals surface area contributed by atoms with Gasteiger partial charge in [-0.25, -0.2) is 0 Å². The molecule has 6 heteroatoms. The van der Waals surface area contributed by atoms with Crippen LogP contribution in [0.15, 0.2) is 24.3 Å². The van der Waals surface area contributed by atoms with Gasteiger partial charge in [0.2, 0.25) is 0 Å². The van der Waals surface area contributed by atoms with Crippen molar-refractivity contribution in [1.82, 2.24) is 10.6 Å². The fourth-order valence-corrected chi connectivity index (χ4v) is 1.94. The Morgan fingerprint density at radius 2 is 2.00 bits per heavy atom. The van der Waals surface area contributed by atoms with Gasteiger partial charge in [-0.3, -0.25) is 4.79 Å². The van der Waals surface area contributed by atoms with E-state index in [9.17, 15) is 4.79 Å². The molecule has 1 rings (SSSR count). The maximum Gasteiger partial charge on any atom is 0.252 e. The molecular weight excluding hydrogens is 367 g/mol. The van der Waals surface area contributed by atoms with Crippen molar-refractivity contribution in [2.75, 3.05) is 33.4 Å². The first-order valence-electron chi connectivity index (χ1n) is 5.48. The lowest BCUT2D eigenvalue weighted by atomic mass is 10.2. The van der Waals surface area contributed by atoms with E-state index < -0.39 is 0 Å². The molecule has 0 bridgehead atoms. The third kappa shape index (κ3) is 6.53. The van der Waals surface area contributed by atoms with E-state index in [0.717, 1.165) is 22.2 Å². The number of rotatable bonds is 7. The number of carbonyl (C=O) groups is 1. The van der Waals surface area contributed by atoms with Crippen molar-refractivity contribution in [3.05, 3.63) is 33.4 Å². The van der Waals surface area contributed by atoms with Crippen LogP contribution in [0, 0.1) is 3.57 Å². The summed E-state index contributed by atoms with van der Waals surface area (Å²) < 4.78 is 5.87. The first-order chi connectivity index (χ1) is 8.25. The van der Waals surface area contributed by atoms with Gasteiger partial charge in [-0.15, -0.1) is 12.4 Å². The fraction of sp³-hybridized carbons (Fsp3) is 0.417. The topological polar surface area (TPSA) is 50.4 Å². The molecule has 0 aliphatic heterocycles. The normalized spacial score (nSPS) is 9.67. The molecule has 0 saturated carbocycles. The van der Waals surface area contributed by atoms with Crippen LogP contribution in [0.2, 0.25) is 0 Å². The van der Waals surface area contributed by atoms with Gasteiger partial charge in [-0.1, -0.05) is 12.1 Å². The van der Waals surface area contributed by atoms with Crippen LogP contribution in [0.5, 0.6) is 0 Å². The molecule has 0 heterocycles. The molecule has 4 nitrogen and oxygen atoms in total. The summed E-state index contributed by atoms with van der Waals surface area (Å²) in [4.78, 5) is 11.8. The quantitative estimate of drug-likeness (QED) is 0.555. The molecule has 0 atom stereocenters. The number of ether oxygens (including phenoxy) is 1. The molecule has 0 spiro atoms. The zero-order chi connectivity index (χ0) is 12.5. The number of halogens is 2. The van der Waals surface area contributed by atoms with Gasteiger partial charge < -0.3 is 15.4 Å². The number of amides is 1. The lowest BCUT2D eigenvalue weighted by Crippen LogP contribution is -2.33. The fourth-order valence-electron chi connectivity index (χ4n) is 1.30. The van der Waals surface area contributed by atoms with Crippen molar-refractivity contribution in [3.8, 4) is 0 Å². The molecule has 1 aromatic rings. The Morgan fingerprint density at radius 1 is 1.28 bits per heavy atom. The second-order valence-electron chi connectivity index (χ2n) is 3.48. The van der Waals surface area contributed by atoms with Crippen LogP contribution in [-0.4, -0.2) is 39.3 Å². The van der Waals surface area contributed by atoms with Crippen molar-refractivity contribution < 1.29 is 9.53 Å². The highest BCUT2D eigenvalue weighted by atomic mass is 127. The Hall–Kier alpha value is -0.370. The molecule has 0 unspecified atom stereocenters. The van der Waals surface area contributed by atoms with Gasteiger partial charge in [0.25, 0.3) is 5.91 Å². The second-order valence-corrected chi connectivity index (χ2v) is 4.64. The summed E-state index contributed by atoms with van der Waals surface area (Å²) in [5.41, 5.74) is 0.727. The van der Waals surface area contributed by atoms with Crippen LogP contribution in [0.4, 0.5) is 0 Å². The van der Waals surface area contributed by atoms with Gasteiger partial charge in [0, 0.05) is 30.3 Å². The van der Waals surface area contributed by atoms with Crippen LogP contribution in [0.3, 0.4) is 0 Å². The van der Waals surface area contributed by atoms with E-state index in [-0.39, 0.29) is 18.3 Å². The Balaban J connectivity index is 0.00000289. The third-order valence-corrected chi connectivity index (χ3v) is 3.13. The van der Waals surface area contributed by atoms with E-state index in [1.165, 1.54) is 0 Å². The maximum atomic E-state index is 11.8. The average Bonchev–Trinajstić information content (AvgIpc) is 2.34. The lowest BCUT2D eigenvalue weighted by Gasteiger charge is -2.07. The lowest BCUT2D eigenvalue weighted by molar-refractivity contribution is 0.0953. The summed E-state index contributed by atoms with van der Waals surface area (Å²) in [5.74, 6) is -0.0245. The Kier molecular flexibility index (Phi) is 10.3. The van der Waals surface area contributed by atoms with Crippen LogP contribution >= 0.6 is 35.0 Å². The van der Waals surface area contributed by atoms with Crippen LogP contribution in [-0.2, 0) is 4.74 Å². The Morgan fingerprint density at radius 3 is 2.67 bits per heavy atom. The minimum absolute atomic E-state index is 0. The van der Waals surface area contributed by atoms with Crippen molar-refractivity contribution in [3.63, 3.8) is 0 Å². The zero-order valence-corrected chi connectivity index (χ0v) is 13.2. The standard InChI is InChI=1S/C12H17IN2O2.ClH/c1-17-9-8-14-6-7-15-12(16)10-4-2-3-5-11(10)13;/h2-5,14H,6-9H2,1H3,(H,15,16);1H. The molecule has 102 valence electrons. The van der Waals surface area contributed by atoms with E-state index in [4.69, 9.17) is 4.74 Å². The third-order valence-electron chi connectivity index (χ3n) is 2.19. The highest BCUT2D eigenvalue weighted by Gasteiger charge is 2.07. The molecule has 18 heavy (non-hydrogen) atoms. The monoisotopic (exact) mass is 384 g/mol. The summed E-state index contributed by atoms with van der Waals surface area (Å²) in [5, 5.41) is 6.04. The van der Waals surface area contributed by atoms with Gasteiger partial charge in [0.1, 0.15) is 0 Å². The molecule has 0 radical (unpaired) electrons. The maximum absolute atomic E-state index is 11.8. The minimum atomic E-state index is -0.0245. The van der Waals surface area contributed by atoms with Crippen LogP contribution < -0.4 is 10.6 Å². The number of hydrogen-bond donors (Lipinski definition) is 2. The molecule has 0 aliphatic carbocycles. The molecular formula is C12H18ClIN2O2. The average molecular weight is 385 g/mol. The van der Waals surface area contributed by atoms with Crippen molar-refractivity contribution in [2.45, 2.75) is 0 Å². The minimum Gasteiger partial charge on any atom is -0.383 e. The molecule has 1 aromatic carbocycles. The summed E-state index contributed by atoms with van der Waals surface area (Å²) in [6, 6.07) is 7.54. The Bertz CT molecular complexity index is 364. The molecule has 0 fully saturated rings. The van der Waals surface area contributed by atoms with E-state index in [1.54, 1.807) is 7.11 Å². The zero-order valence-electron chi connectivity index (χ0n) is 10.2. The Labute approximate surface area is 127 Å². The van der Waals surface area contributed by atoms with Gasteiger partial charge in [-0.2, -0.15) is 0 Å². The first-order valence-corrected chi connectivity index (χ1v) is 6.56. The molecule has 2 N–H and O–H groups in total. The van der Waals surface area contributed by atoms with Gasteiger partial charge in [0.05, 0.1) is 12.2 Å². The smallest absolute Gasteiger partial charge is 0.252 e. The number of hydrogen-bond acceptors (Lipinski definition) is 3. The summed E-state index contributed by atoms with van der Waals surface area (Å²) >= 11 is 2.16. The highest BCUT2D eigenvalue weighted by molar-refractivity contribution is 14.1.